The lowest BCUT2D eigenvalue weighted by Crippen LogP contribution is -2.26. The molecule has 126 valence electrons. The van der Waals surface area contributed by atoms with Crippen LogP contribution in [0.1, 0.15) is 32.1 Å². The van der Waals surface area contributed by atoms with Crippen molar-refractivity contribution in [3.05, 3.63) is 42.0 Å². The van der Waals surface area contributed by atoms with Crippen molar-refractivity contribution in [3.8, 4) is 11.4 Å². The highest BCUT2D eigenvalue weighted by molar-refractivity contribution is 7.99. The number of aromatic amines is 1. The molecule has 0 radical (unpaired) electrons. The fourth-order valence-corrected chi connectivity index (χ4v) is 3.34. The minimum Gasteiger partial charge on any atom is -0.355 e. The van der Waals surface area contributed by atoms with Crippen LogP contribution < -0.4 is 5.32 Å². The molecule has 0 spiro atoms. The Morgan fingerprint density at radius 2 is 2.12 bits per heavy atom. The number of rotatable bonds is 7. The number of hydrogen-bond donors (Lipinski definition) is 2. The number of hydrogen-bond acceptors (Lipinski definition) is 4. The number of carbonyl (C=O) groups excluding carboxylic acids is 1. The molecular formula is C18H22N4OS. The van der Waals surface area contributed by atoms with Gasteiger partial charge in [0.05, 0.1) is 5.75 Å². The number of H-pyrrole nitrogens is 1. The summed E-state index contributed by atoms with van der Waals surface area (Å²) in [5.74, 6) is 1.09. The topological polar surface area (TPSA) is 70.7 Å². The maximum atomic E-state index is 11.9. The molecule has 1 amide bonds. The van der Waals surface area contributed by atoms with Crippen LogP contribution in [0.2, 0.25) is 0 Å². The molecule has 0 bridgehead atoms. The molecule has 2 aromatic rings. The molecule has 1 aromatic carbocycles. The molecule has 0 fully saturated rings. The van der Waals surface area contributed by atoms with Gasteiger partial charge in [-0.1, -0.05) is 53.7 Å². The predicted molar refractivity (Wildman–Crippen MR) is 96.7 cm³/mol. The quantitative estimate of drug-likeness (QED) is 0.596. The maximum absolute atomic E-state index is 11.9. The van der Waals surface area contributed by atoms with Gasteiger partial charge in [0.2, 0.25) is 11.1 Å². The average molecular weight is 342 g/mol. The minimum atomic E-state index is 0.0301. The van der Waals surface area contributed by atoms with E-state index in [0.717, 1.165) is 17.8 Å². The number of nitrogens with zero attached hydrogens (tertiary/aromatic N) is 2. The van der Waals surface area contributed by atoms with Crippen molar-refractivity contribution in [1.29, 1.82) is 0 Å². The van der Waals surface area contributed by atoms with Gasteiger partial charge in [-0.15, -0.1) is 5.10 Å². The molecule has 1 aromatic heterocycles. The number of aromatic nitrogens is 3. The Morgan fingerprint density at radius 3 is 2.92 bits per heavy atom. The predicted octanol–water partition coefficient (Wildman–Crippen LogP) is 3.57. The third kappa shape index (κ3) is 4.96. The zero-order valence-electron chi connectivity index (χ0n) is 13.6. The van der Waals surface area contributed by atoms with Crippen molar-refractivity contribution >= 4 is 17.7 Å². The van der Waals surface area contributed by atoms with E-state index in [2.05, 4.69) is 26.6 Å². The van der Waals surface area contributed by atoms with Gasteiger partial charge in [-0.3, -0.25) is 9.89 Å². The Labute approximate surface area is 146 Å². The van der Waals surface area contributed by atoms with Crippen molar-refractivity contribution in [2.75, 3.05) is 12.3 Å². The Hall–Kier alpha value is -2.08. The van der Waals surface area contributed by atoms with Gasteiger partial charge in [-0.05, 0) is 32.1 Å². The van der Waals surface area contributed by atoms with E-state index in [1.54, 1.807) is 0 Å². The third-order valence-electron chi connectivity index (χ3n) is 4.00. The first-order valence-corrected chi connectivity index (χ1v) is 9.35. The fraction of sp³-hybridized carbons (Fsp3) is 0.389. The number of carbonyl (C=O) groups is 1. The minimum absolute atomic E-state index is 0.0301. The van der Waals surface area contributed by atoms with E-state index in [0.29, 0.717) is 17.5 Å². The van der Waals surface area contributed by atoms with E-state index in [9.17, 15) is 4.79 Å². The molecule has 0 saturated carbocycles. The molecule has 6 heteroatoms. The molecule has 24 heavy (non-hydrogen) atoms. The summed E-state index contributed by atoms with van der Waals surface area (Å²) in [5.41, 5.74) is 2.47. The first-order valence-electron chi connectivity index (χ1n) is 8.36. The smallest absolute Gasteiger partial charge is 0.230 e. The van der Waals surface area contributed by atoms with Gasteiger partial charge in [0.1, 0.15) is 0 Å². The molecule has 3 rings (SSSR count). The summed E-state index contributed by atoms with van der Waals surface area (Å²) in [6.07, 6.45) is 8.24. The second-order valence-corrected chi connectivity index (χ2v) is 6.77. The lowest BCUT2D eigenvalue weighted by atomic mass is 9.97. The average Bonchev–Trinajstić information content (AvgIpc) is 3.11. The zero-order chi connectivity index (χ0) is 16.6. The van der Waals surface area contributed by atoms with Crippen LogP contribution in [-0.4, -0.2) is 33.4 Å². The van der Waals surface area contributed by atoms with Crippen LogP contribution in [-0.2, 0) is 4.79 Å². The Balaban J connectivity index is 1.40. The summed E-state index contributed by atoms with van der Waals surface area (Å²) in [6, 6.07) is 9.83. The maximum Gasteiger partial charge on any atom is 0.230 e. The molecule has 5 nitrogen and oxygen atoms in total. The fourth-order valence-electron chi connectivity index (χ4n) is 2.71. The van der Waals surface area contributed by atoms with Crippen LogP contribution in [0.4, 0.5) is 0 Å². The van der Waals surface area contributed by atoms with E-state index in [4.69, 9.17) is 0 Å². The highest BCUT2D eigenvalue weighted by Crippen LogP contribution is 2.20. The molecule has 0 atom stereocenters. The van der Waals surface area contributed by atoms with Crippen molar-refractivity contribution < 1.29 is 4.79 Å². The highest BCUT2D eigenvalue weighted by atomic mass is 32.2. The second kappa shape index (κ2) is 8.68. The van der Waals surface area contributed by atoms with Gasteiger partial charge in [-0.25, -0.2) is 4.98 Å². The van der Waals surface area contributed by atoms with Crippen LogP contribution in [0.5, 0.6) is 0 Å². The molecule has 1 heterocycles. The Morgan fingerprint density at radius 1 is 1.25 bits per heavy atom. The summed E-state index contributed by atoms with van der Waals surface area (Å²) >= 11 is 1.35. The standard InChI is InChI=1S/C18H22N4OS/c23-16(19-12-11-14-7-3-1-4-8-14)13-24-18-20-17(21-22-18)15-9-5-2-6-10-15/h2,5-7,9-10H,1,3-4,8,11-13H2,(H,19,23)(H,20,21,22). The number of nitrogens with one attached hydrogen (secondary N) is 2. The van der Waals surface area contributed by atoms with Gasteiger partial charge < -0.3 is 5.32 Å². The lowest BCUT2D eigenvalue weighted by molar-refractivity contribution is -0.118. The van der Waals surface area contributed by atoms with E-state index < -0.39 is 0 Å². The SMILES string of the molecule is O=C(CSc1n[nH]c(-c2ccccc2)n1)NCCC1=CCCCC1. The number of thioether (sulfide) groups is 1. The molecule has 0 saturated heterocycles. The van der Waals surface area contributed by atoms with Gasteiger partial charge in [0, 0.05) is 12.1 Å². The van der Waals surface area contributed by atoms with Gasteiger partial charge in [-0.2, -0.15) is 0 Å². The van der Waals surface area contributed by atoms with Crippen LogP contribution >= 0.6 is 11.8 Å². The van der Waals surface area contributed by atoms with E-state index >= 15 is 0 Å². The van der Waals surface area contributed by atoms with Gasteiger partial charge in [0.25, 0.3) is 0 Å². The van der Waals surface area contributed by atoms with E-state index in [-0.39, 0.29) is 5.91 Å². The summed E-state index contributed by atoms with van der Waals surface area (Å²) < 4.78 is 0. The summed E-state index contributed by atoms with van der Waals surface area (Å²) in [5, 5.41) is 10.6. The van der Waals surface area contributed by atoms with Crippen molar-refractivity contribution in [1.82, 2.24) is 20.5 Å². The first-order chi connectivity index (χ1) is 11.8. The molecule has 1 aliphatic carbocycles. The van der Waals surface area contributed by atoms with Gasteiger partial charge >= 0.3 is 0 Å². The lowest BCUT2D eigenvalue weighted by Gasteiger charge is -2.12. The third-order valence-corrected chi connectivity index (χ3v) is 4.85. The number of benzene rings is 1. The first kappa shape index (κ1) is 16.8. The van der Waals surface area contributed by atoms with Crippen LogP contribution in [0.15, 0.2) is 47.1 Å². The Kier molecular flexibility index (Phi) is 6.07. The van der Waals surface area contributed by atoms with Crippen molar-refractivity contribution in [3.63, 3.8) is 0 Å². The van der Waals surface area contributed by atoms with Gasteiger partial charge in [0.15, 0.2) is 5.82 Å². The molecule has 1 aliphatic rings. The second-order valence-electron chi connectivity index (χ2n) is 5.83. The molecule has 0 unspecified atom stereocenters. The molecule has 2 N–H and O–H groups in total. The van der Waals surface area contributed by atoms with Crippen LogP contribution in [0.3, 0.4) is 0 Å². The summed E-state index contributed by atoms with van der Waals surface area (Å²) in [7, 11) is 0. The summed E-state index contributed by atoms with van der Waals surface area (Å²) in [6.45, 7) is 0.717. The Bertz CT molecular complexity index is 696. The molecular weight excluding hydrogens is 320 g/mol. The largest absolute Gasteiger partial charge is 0.355 e. The molecule has 0 aliphatic heterocycles. The zero-order valence-corrected chi connectivity index (χ0v) is 14.4. The van der Waals surface area contributed by atoms with Crippen molar-refractivity contribution in [2.45, 2.75) is 37.3 Å². The monoisotopic (exact) mass is 342 g/mol. The highest BCUT2D eigenvalue weighted by Gasteiger charge is 2.09. The van der Waals surface area contributed by atoms with E-state index in [1.807, 2.05) is 30.3 Å². The number of amides is 1. The number of allylic oxidation sites excluding steroid dienone is 1. The van der Waals surface area contributed by atoms with E-state index in [1.165, 1.54) is 43.0 Å². The van der Waals surface area contributed by atoms with Crippen LogP contribution in [0.25, 0.3) is 11.4 Å². The summed E-state index contributed by atoms with van der Waals surface area (Å²) in [4.78, 5) is 16.3. The van der Waals surface area contributed by atoms with Crippen molar-refractivity contribution in [2.24, 2.45) is 0 Å². The normalized spacial score (nSPS) is 14.2. The van der Waals surface area contributed by atoms with Crippen LogP contribution in [0, 0.1) is 0 Å².